The lowest BCUT2D eigenvalue weighted by Crippen LogP contribution is -2.13. The van der Waals surface area contributed by atoms with Gasteiger partial charge in [-0.2, -0.15) is 0 Å². The molecular formula is C17H17F2NO2. The van der Waals surface area contributed by atoms with E-state index in [4.69, 9.17) is 4.74 Å². The zero-order valence-corrected chi connectivity index (χ0v) is 12.2. The second-order valence-electron chi connectivity index (χ2n) is 4.81. The van der Waals surface area contributed by atoms with Crippen molar-refractivity contribution in [3.8, 4) is 5.75 Å². The number of ether oxygens (including phenoxy) is 1. The number of carbonyl (C=O) groups is 1. The molecule has 0 saturated carbocycles. The molecule has 0 fully saturated rings. The Morgan fingerprint density at radius 3 is 2.73 bits per heavy atom. The van der Waals surface area contributed by atoms with Crippen LogP contribution in [0.1, 0.15) is 30.1 Å². The number of halogens is 2. The van der Waals surface area contributed by atoms with E-state index in [0.717, 1.165) is 25.0 Å². The third-order valence-electron chi connectivity index (χ3n) is 3.04. The summed E-state index contributed by atoms with van der Waals surface area (Å²) < 4.78 is 31.9. The van der Waals surface area contributed by atoms with Gasteiger partial charge in [-0.25, -0.2) is 8.78 Å². The van der Waals surface area contributed by atoms with Crippen LogP contribution in [0.5, 0.6) is 5.75 Å². The van der Waals surface area contributed by atoms with Crippen molar-refractivity contribution < 1.29 is 18.3 Å². The van der Waals surface area contributed by atoms with Gasteiger partial charge in [-0.1, -0.05) is 19.4 Å². The molecule has 22 heavy (non-hydrogen) atoms. The van der Waals surface area contributed by atoms with E-state index >= 15 is 0 Å². The summed E-state index contributed by atoms with van der Waals surface area (Å²) in [5.74, 6) is -1.40. The molecule has 1 N–H and O–H groups in total. The van der Waals surface area contributed by atoms with Gasteiger partial charge in [0.05, 0.1) is 12.3 Å². The van der Waals surface area contributed by atoms with E-state index in [2.05, 4.69) is 12.2 Å². The molecule has 2 rings (SSSR count). The predicted molar refractivity (Wildman–Crippen MR) is 81.2 cm³/mol. The smallest absolute Gasteiger partial charge is 0.255 e. The molecule has 0 saturated heterocycles. The molecule has 0 radical (unpaired) electrons. The summed E-state index contributed by atoms with van der Waals surface area (Å²) in [6, 6.07) is 9.63. The third-order valence-corrected chi connectivity index (χ3v) is 3.04. The van der Waals surface area contributed by atoms with Gasteiger partial charge in [0.15, 0.2) is 0 Å². The molecule has 116 valence electrons. The number of anilines is 1. The van der Waals surface area contributed by atoms with Crippen molar-refractivity contribution in [1.82, 2.24) is 0 Å². The highest BCUT2D eigenvalue weighted by atomic mass is 19.1. The molecule has 0 aliphatic heterocycles. The Kier molecular flexibility index (Phi) is 5.47. The molecule has 0 heterocycles. The molecule has 0 spiro atoms. The molecule has 1 amide bonds. The molecule has 5 heteroatoms. The van der Waals surface area contributed by atoms with Crippen LogP contribution in [0.3, 0.4) is 0 Å². The molecule has 0 aliphatic rings. The number of unbranched alkanes of at least 4 members (excludes halogenated alkanes) is 1. The number of benzene rings is 2. The second-order valence-corrected chi connectivity index (χ2v) is 4.81. The van der Waals surface area contributed by atoms with Crippen molar-refractivity contribution >= 4 is 11.6 Å². The maximum Gasteiger partial charge on any atom is 0.255 e. The zero-order valence-electron chi connectivity index (χ0n) is 12.2. The van der Waals surface area contributed by atoms with Crippen molar-refractivity contribution in [2.24, 2.45) is 0 Å². The Hall–Kier alpha value is -2.43. The highest BCUT2D eigenvalue weighted by Gasteiger charge is 2.11. The first-order chi connectivity index (χ1) is 10.6. The normalized spacial score (nSPS) is 10.3. The van der Waals surface area contributed by atoms with Gasteiger partial charge < -0.3 is 10.1 Å². The summed E-state index contributed by atoms with van der Waals surface area (Å²) >= 11 is 0. The van der Waals surface area contributed by atoms with E-state index in [1.54, 1.807) is 24.3 Å². The lowest BCUT2D eigenvalue weighted by atomic mass is 10.2. The number of carbonyl (C=O) groups excluding carboxylic acids is 1. The van der Waals surface area contributed by atoms with E-state index in [9.17, 15) is 13.6 Å². The maximum atomic E-state index is 13.5. The van der Waals surface area contributed by atoms with Crippen LogP contribution in [0, 0.1) is 11.6 Å². The van der Waals surface area contributed by atoms with Crippen LogP contribution < -0.4 is 10.1 Å². The lowest BCUT2D eigenvalue weighted by molar-refractivity contribution is 0.102. The fourth-order valence-corrected chi connectivity index (χ4v) is 1.85. The summed E-state index contributed by atoms with van der Waals surface area (Å²) in [6.07, 6.45) is 1.95. The summed E-state index contributed by atoms with van der Waals surface area (Å²) in [6.45, 7) is 2.64. The Labute approximate surface area is 127 Å². The minimum atomic E-state index is -0.816. The van der Waals surface area contributed by atoms with E-state index < -0.39 is 17.5 Å². The molecule has 3 nitrogen and oxygen atoms in total. The first-order valence-corrected chi connectivity index (χ1v) is 7.09. The quantitative estimate of drug-likeness (QED) is 0.804. The second kappa shape index (κ2) is 7.54. The van der Waals surface area contributed by atoms with Gasteiger partial charge in [-0.05, 0) is 36.8 Å². The fraction of sp³-hybridized carbons (Fsp3) is 0.235. The van der Waals surface area contributed by atoms with Crippen molar-refractivity contribution in [3.05, 3.63) is 59.7 Å². The average molecular weight is 305 g/mol. The van der Waals surface area contributed by atoms with Crippen molar-refractivity contribution in [2.45, 2.75) is 19.8 Å². The van der Waals surface area contributed by atoms with Crippen molar-refractivity contribution in [3.63, 3.8) is 0 Å². The zero-order chi connectivity index (χ0) is 15.9. The summed E-state index contributed by atoms with van der Waals surface area (Å²) in [5.41, 5.74) is 0.279. The molecule has 0 aromatic heterocycles. The van der Waals surface area contributed by atoms with Crippen LogP contribution >= 0.6 is 0 Å². The van der Waals surface area contributed by atoms with Gasteiger partial charge in [0, 0.05) is 11.6 Å². The minimum absolute atomic E-state index is 0.0660. The van der Waals surface area contributed by atoms with Crippen LogP contribution in [-0.4, -0.2) is 12.5 Å². The van der Waals surface area contributed by atoms with Gasteiger partial charge in [-0.3, -0.25) is 4.79 Å². The number of nitrogens with one attached hydrogen (secondary N) is 1. The third kappa shape index (κ3) is 4.28. The van der Waals surface area contributed by atoms with E-state index in [-0.39, 0.29) is 5.69 Å². The Bertz CT molecular complexity index is 659. The largest absolute Gasteiger partial charge is 0.494 e. The number of hydrogen-bond donors (Lipinski definition) is 1. The first-order valence-electron chi connectivity index (χ1n) is 7.09. The molecule has 0 aliphatic carbocycles. The van der Waals surface area contributed by atoms with Gasteiger partial charge >= 0.3 is 0 Å². The van der Waals surface area contributed by atoms with Gasteiger partial charge in [0.1, 0.15) is 17.4 Å². The molecule has 2 aromatic rings. The molecule has 0 unspecified atom stereocenters. The monoisotopic (exact) mass is 305 g/mol. The highest BCUT2D eigenvalue weighted by Crippen LogP contribution is 2.18. The van der Waals surface area contributed by atoms with E-state index in [1.807, 2.05) is 0 Å². The average Bonchev–Trinajstić information content (AvgIpc) is 2.50. The fourth-order valence-electron chi connectivity index (χ4n) is 1.85. The summed E-state index contributed by atoms with van der Waals surface area (Å²) in [4.78, 5) is 12.1. The highest BCUT2D eigenvalue weighted by molar-refractivity contribution is 6.04. The van der Waals surface area contributed by atoms with Gasteiger partial charge in [0.25, 0.3) is 5.91 Å². The minimum Gasteiger partial charge on any atom is -0.494 e. The Morgan fingerprint density at radius 2 is 2.00 bits per heavy atom. The van der Waals surface area contributed by atoms with Crippen LogP contribution in [-0.2, 0) is 0 Å². The molecule has 0 bridgehead atoms. The number of rotatable bonds is 6. The number of hydrogen-bond acceptors (Lipinski definition) is 2. The van der Waals surface area contributed by atoms with Crippen LogP contribution in [0.15, 0.2) is 42.5 Å². The molecule has 0 atom stereocenters. The standard InChI is InChI=1S/C17H17F2NO2/c1-2-3-9-22-14-6-4-5-12(10-14)17(21)20-16-8-7-13(18)11-15(16)19/h4-8,10-11H,2-3,9H2,1H3,(H,20,21). The van der Waals surface area contributed by atoms with Crippen LogP contribution in [0.2, 0.25) is 0 Å². The maximum absolute atomic E-state index is 13.5. The Balaban J connectivity index is 2.07. The first kappa shape index (κ1) is 15.9. The molecular weight excluding hydrogens is 288 g/mol. The molecule has 2 aromatic carbocycles. The van der Waals surface area contributed by atoms with Crippen molar-refractivity contribution in [2.75, 3.05) is 11.9 Å². The van der Waals surface area contributed by atoms with E-state index in [1.165, 1.54) is 6.07 Å². The predicted octanol–water partition coefficient (Wildman–Crippen LogP) is 4.40. The SMILES string of the molecule is CCCCOc1cccc(C(=O)Nc2ccc(F)cc2F)c1. The number of amides is 1. The van der Waals surface area contributed by atoms with Crippen LogP contribution in [0.4, 0.5) is 14.5 Å². The Morgan fingerprint density at radius 1 is 1.18 bits per heavy atom. The summed E-state index contributed by atoms with van der Waals surface area (Å²) in [7, 11) is 0. The van der Waals surface area contributed by atoms with Gasteiger partial charge in [-0.15, -0.1) is 0 Å². The van der Waals surface area contributed by atoms with Crippen molar-refractivity contribution in [1.29, 1.82) is 0 Å². The van der Waals surface area contributed by atoms with Gasteiger partial charge in [0.2, 0.25) is 0 Å². The van der Waals surface area contributed by atoms with E-state index in [0.29, 0.717) is 17.9 Å². The summed E-state index contributed by atoms with van der Waals surface area (Å²) in [5, 5.41) is 2.41. The topological polar surface area (TPSA) is 38.3 Å². The lowest BCUT2D eigenvalue weighted by Gasteiger charge is -2.09. The van der Waals surface area contributed by atoms with Crippen LogP contribution in [0.25, 0.3) is 0 Å².